The molecule has 2 nitrogen and oxygen atoms in total. The van der Waals surface area contributed by atoms with Crippen molar-refractivity contribution in [3.05, 3.63) is 29.8 Å². The third-order valence-corrected chi connectivity index (χ3v) is 2.28. The van der Waals surface area contributed by atoms with Crippen LogP contribution in [-0.2, 0) is 11.3 Å². The Morgan fingerprint density at radius 3 is 2.43 bits per heavy atom. The molecule has 0 radical (unpaired) electrons. The summed E-state index contributed by atoms with van der Waals surface area (Å²) in [5.74, 6) is 0.649. The molecule has 0 amide bonds. The maximum Gasteiger partial charge on any atom is 0.0713 e. The van der Waals surface area contributed by atoms with Gasteiger partial charge in [-0.2, -0.15) is 0 Å². The smallest absolute Gasteiger partial charge is 0.0713 e. The van der Waals surface area contributed by atoms with Crippen LogP contribution in [0, 0.1) is 0 Å². The van der Waals surface area contributed by atoms with E-state index in [1.54, 1.807) is 7.11 Å². The van der Waals surface area contributed by atoms with E-state index in [2.05, 4.69) is 29.2 Å². The van der Waals surface area contributed by atoms with E-state index < -0.39 is 0 Å². The summed E-state index contributed by atoms with van der Waals surface area (Å²) in [6.45, 7) is 1.53. The van der Waals surface area contributed by atoms with E-state index in [1.165, 1.54) is 11.3 Å². The first-order valence-corrected chi connectivity index (χ1v) is 5.16. The van der Waals surface area contributed by atoms with Crippen LogP contribution in [0.1, 0.15) is 5.56 Å². The van der Waals surface area contributed by atoms with Crippen LogP contribution in [0.2, 0.25) is 0 Å². The summed E-state index contributed by atoms with van der Waals surface area (Å²) >= 11 is 5.67. The normalized spacial score (nSPS) is 10.2. The minimum atomic E-state index is 0.649. The maximum absolute atomic E-state index is 5.67. The van der Waals surface area contributed by atoms with Crippen molar-refractivity contribution in [2.75, 3.05) is 31.5 Å². The summed E-state index contributed by atoms with van der Waals surface area (Å²) < 4.78 is 5.04. The van der Waals surface area contributed by atoms with Crippen molar-refractivity contribution in [3.63, 3.8) is 0 Å². The van der Waals surface area contributed by atoms with Gasteiger partial charge in [-0.3, -0.25) is 0 Å². The Morgan fingerprint density at radius 1 is 1.29 bits per heavy atom. The van der Waals surface area contributed by atoms with Gasteiger partial charge in [-0.15, -0.1) is 11.6 Å². The van der Waals surface area contributed by atoms with Crippen molar-refractivity contribution < 1.29 is 4.74 Å². The highest BCUT2D eigenvalue weighted by molar-refractivity contribution is 6.18. The Hall–Kier alpha value is -0.730. The van der Waals surface area contributed by atoms with E-state index in [-0.39, 0.29) is 0 Å². The van der Waals surface area contributed by atoms with Crippen molar-refractivity contribution in [1.82, 2.24) is 0 Å². The van der Waals surface area contributed by atoms with Gasteiger partial charge in [0.05, 0.1) is 6.61 Å². The standard InChI is InChI=1S/C11H16ClNO/c1-13(8-7-12)11-5-3-10(4-6-11)9-14-2/h3-6H,7-9H2,1-2H3. The van der Waals surface area contributed by atoms with E-state index in [0.29, 0.717) is 12.5 Å². The molecule has 0 aliphatic heterocycles. The average Bonchev–Trinajstić information content (AvgIpc) is 2.20. The number of halogens is 1. The number of hydrogen-bond donors (Lipinski definition) is 0. The molecule has 0 saturated carbocycles. The zero-order valence-corrected chi connectivity index (χ0v) is 9.42. The minimum absolute atomic E-state index is 0.649. The molecule has 1 aromatic carbocycles. The van der Waals surface area contributed by atoms with Crippen LogP contribution in [0.4, 0.5) is 5.69 Å². The summed E-state index contributed by atoms with van der Waals surface area (Å²) in [5, 5.41) is 0. The highest BCUT2D eigenvalue weighted by Gasteiger charge is 1.99. The largest absolute Gasteiger partial charge is 0.380 e. The minimum Gasteiger partial charge on any atom is -0.380 e. The van der Waals surface area contributed by atoms with Crippen LogP contribution in [0.3, 0.4) is 0 Å². The van der Waals surface area contributed by atoms with Crippen molar-refractivity contribution in [3.8, 4) is 0 Å². The highest BCUT2D eigenvalue weighted by Crippen LogP contribution is 2.13. The van der Waals surface area contributed by atoms with Gasteiger partial charge >= 0.3 is 0 Å². The first-order valence-electron chi connectivity index (χ1n) is 4.63. The van der Waals surface area contributed by atoms with Gasteiger partial charge in [-0.1, -0.05) is 12.1 Å². The molecular weight excluding hydrogens is 198 g/mol. The predicted molar refractivity (Wildman–Crippen MR) is 61.1 cm³/mol. The molecule has 0 aromatic heterocycles. The topological polar surface area (TPSA) is 12.5 Å². The average molecular weight is 214 g/mol. The maximum atomic E-state index is 5.67. The molecule has 0 N–H and O–H groups in total. The predicted octanol–water partition coefficient (Wildman–Crippen LogP) is 2.51. The molecule has 0 spiro atoms. The van der Waals surface area contributed by atoms with Crippen LogP contribution >= 0.6 is 11.6 Å². The van der Waals surface area contributed by atoms with Crippen molar-refractivity contribution in [2.24, 2.45) is 0 Å². The van der Waals surface area contributed by atoms with Crippen LogP contribution in [0.15, 0.2) is 24.3 Å². The second kappa shape index (κ2) is 5.89. The SMILES string of the molecule is COCc1ccc(N(C)CCCl)cc1. The number of anilines is 1. The van der Waals surface area contributed by atoms with Gasteiger partial charge < -0.3 is 9.64 Å². The van der Waals surface area contributed by atoms with Gasteiger partial charge in [0.15, 0.2) is 0 Å². The molecule has 0 saturated heterocycles. The monoisotopic (exact) mass is 213 g/mol. The van der Waals surface area contributed by atoms with Crippen molar-refractivity contribution >= 4 is 17.3 Å². The molecule has 0 aliphatic carbocycles. The summed E-state index contributed by atoms with van der Waals surface area (Å²) in [6, 6.07) is 8.31. The molecule has 0 fully saturated rings. The Kier molecular flexibility index (Phi) is 4.77. The molecule has 78 valence electrons. The molecule has 1 aromatic rings. The molecule has 3 heteroatoms. The number of alkyl halides is 1. The second-order valence-electron chi connectivity index (χ2n) is 3.21. The molecule has 0 bridgehead atoms. The molecule has 0 unspecified atom stereocenters. The van der Waals surface area contributed by atoms with Gasteiger partial charge in [-0.05, 0) is 17.7 Å². The van der Waals surface area contributed by atoms with E-state index in [0.717, 1.165) is 6.54 Å². The lowest BCUT2D eigenvalue weighted by Crippen LogP contribution is -2.19. The summed E-state index contributed by atoms with van der Waals surface area (Å²) in [4.78, 5) is 2.13. The van der Waals surface area contributed by atoms with E-state index in [9.17, 15) is 0 Å². The molecule has 14 heavy (non-hydrogen) atoms. The van der Waals surface area contributed by atoms with E-state index in [4.69, 9.17) is 16.3 Å². The van der Waals surface area contributed by atoms with E-state index in [1.807, 2.05) is 7.05 Å². The molecule has 0 aliphatic rings. The van der Waals surface area contributed by atoms with Crippen molar-refractivity contribution in [1.29, 1.82) is 0 Å². The Balaban J connectivity index is 2.62. The van der Waals surface area contributed by atoms with Crippen LogP contribution in [-0.4, -0.2) is 26.6 Å². The first kappa shape index (κ1) is 11.3. The fraction of sp³-hybridized carbons (Fsp3) is 0.455. The van der Waals surface area contributed by atoms with Gasteiger partial charge in [-0.25, -0.2) is 0 Å². The number of rotatable bonds is 5. The molecule has 0 heterocycles. The summed E-state index contributed by atoms with van der Waals surface area (Å²) in [7, 11) is 3.74. The van der Waals surface area contributed by atoms with Crippen LogP contribution in [0.25, 0.3) is 0 Å². The number of benzene rings is 1. The van der Waals surface area contributed by atoms with E-state index >= 15 is 0 Å². The number of nitrogens with zero attached hydrogens (tertiary/aromatic N) is 1. The van der Waals surface area contributed by atoms with Crippen LogP contribution < -0.4 is 4.90 Å². The zero-order chi connectivity index (χ0) is 10.4. The molecular formula is C11H16ClNO. The third kappa shape index (κ3) is 3.20. The Morgan fingerprint density at radius 2 is 1.93 bits per heavy atom. The molecule has 1 rings (SSSR count). The van der Waals surface area contributed by atoms with Crippen molar-refractivity contribution in [2.45, 2.75) is 6.61 Å². The Bertz CT molecular complexity index is 260. The summed E-state index contributed by atoms with van der Waals surface area (Å²) in [6.07, 6.45) is 0. The van der Waals surface area contributed by atoms with Gasteiger partial charge in [0.1, 0.15) is 0 Å². The lowest BCUT2D eigenvalue weighted by atomic mass is 10.2. The fourth-order valence-electron chi connectivity index (χ4n) is 1.27. The Labute approximate surface area is 90.4 Å². The quantitative estimate of drug-likeness (QED) is 0.697. The number of methoxy groups -OCH3 is 1. The summed E-state index contributed by atoms with van der Waals surface area (Å²) in [5.41, 5.74) is 2.38. The molecule has 0 atom stereocenters. The second-order valence-corrected chi connectivity index (χ2v) is 3.59. The fourth-order valence-corrected chi connectivity index (χ4v) is 1.52. The van der Waals surface area contributed by atoms with Gasteiger partial charge in [0, 0.05) is 32.3 Å². The van der Waals surface area contributed by atoms with Gasteiger partial charge in [0.2, 0.25) is 0 Å². The third-order valence-electron chi connectivity index (χ3n) is 2.11. The lowest BCUT2D eigenvalue weighted by Gasteiger charge is -2.17. The number of hydrogen-bond acceptors (Lipinski definition) is 2. The zero-order valence-electron chi connectivity index (χ0n) is 8.66. The highest BCUT2D eigenvalue weighted by atomic mass is 35.5. The van der Waals surface area contributed by atoms with Gasteiger partial charge in [0.25, 0.3) is 0 Å². The lowest BCUT2D eigenvalue weighted by molar-refractivity contribution is 0.185. The van der Waals surface area contributed by atoms with Crippen LogP contribution in [0.5, 0.6) is 0 Å². The first-order chi connectivity index (χ1) is 6.77. The number of ether oxygens (including phenoxy) is 1.